The highest BCUT2D eigenvalue weighted by atomic mass is 31.2. The van der Waals surface area contributed by atoms with Crippen molar-refractivity contribution in [2.45, 2.75) is 129 Å². The van der Waals surface area contributed by atoms with Gasteiger partial charge in [0.1, 0.15) is 6.10 Å². The molecule has 36 heavy (non-hydrogen) atoms. The van der Waals surface area contributed by atoms with E-state index in [-0.39, 0.29) is 19.4 Å². The van der Waals surface area contributed by atoms with Crippen LogP contribution in [0, 0.1) is 0 Å². The maximum absolute atomic E-state index is 12.1. The van der Waals surface area contributed by atoms with Crippen LogP contribution >= 0.6 is 7.60 Å². The van der Waals surface area contributed by atoms with Crippen molar-refractivity contribution in [3.05, 3.63) is 0 Å². The van der Waals surface area contributed by atoms with Gasteiger partial charge in [0.2, 0.25) is 0 Å². The summed E-state index contributed by atoms with van der Waals surface area (Å²) >= 11 is 0. The van der Waals surface area contributed by atoms with E-state index >= 15 is 0 Å². The van der Waals surface area contributed by atoms with Crippen LogP contribution in [0.3, 0.4) is 0 Å². The smallest absolute Gasteiger partial charge is 0.333 e. The number of esters is 1. The minimum atomic E-state index is -3.69. The molecule has 0 saturated heterocycles. The third kappa shape index (κ3) is 26.6. The maximum Gasteiger partial charge on any atom is 0.333 e. The first-order chi connectivity index (χ1) is 17.3. The summed E-state index contributed by atoms with van der Waals surface area (Å²) in [7, 11) is 0.132. The molecule has 2 N–H and O–H groups in total. The predicted molar refractivity (Wildman–Crippen MR) is 149 cm³/mol. The second-order valence-corrected chi connectivity index (χ2v) is 12.6. The number of nitrogens with one attached hydrogen (secondary N) is 1. The van der Waals surface area contributed by atoms with Crippen molar-refractivity contribution >= 4 is 13.6 Å². The molecule has 7 nitrogen and oxygen atoms in total. The lowest BCUT2D eigenvalue weighted by atomic mass is 10.0. The highest BCUT2D eigenvalue weighted by Crippen LogP contribution is 2.40. The fourth-order valence-corrected chi connectivity index (χ4v) is 5.38. The van der Waals surface area contributed by atoms with E-state index in [4.69, 9.17) is 14.0 Å². The molecule has 216 valence electrons. The summed E-state index contributed by atoms with van der Waals surface area (Å²) in [6.07, 6.45) is 22.1. The van der Waals surface area contributed by atoms with Crippen LogP contribution in [0.1, 0.15) is 123 Å². The highest BCUT2D eigenvalue weighted by Gasteiger charge is 2.24. The molecule has 0 aromatic rings. The van der Waals surface area contributed by atoms with Crippen LogP contribution in [0.15, 0.2) is 0 Å². The Morgan fingerprint density at radius 1 is 0.778 bits per heavy atom. The van der Waals surface area contributed by atoms with Crippen LogP contribution < -0.4 is 4.90 Å². The summed E-state index contributed by atoms with van der Waals surface area (Å²) in [5.74, 6) is -0.449. The van der Waals surface area contributed by atoms with Gasteiger partial charge in [0.15, 0.2) is 0 Å². The first kappa shape index (κ1) is 35.5. The molecule has 0 heterocycles. The number of carbonyl (C=O) groups excluding carboxylic acids is 1. The largest absolute Gasteiger partial charge is 0.458 e. The molecule has 0 rings (SSSR count). The van der Waals surface area contributed by atoms with Crippen LogP contribution in [0.5, 0.6) is 0 Å². The topological polar surface area (TPSA) is 86.5 Å². The number of ether oxygens (including phenoxy) is 2. The Morgan fingerprint density at radius 3 is 1.64 bits per heavy atom. The van der Waals surface area contributed by atoms with Crippen LogP contribution in [-0.2, 0) is 23.4 Å². The Labute approximate surface area is 222 Å². The lowest BCUT2D eigenvalue weighted by molar-refractivity contribution is -0.855. The number of hydrogen-bond donors (Lipinski definition) is 2. The van der Waals surface area contributed by atoms with Gasteiger partial charge in [0.05, 0.1) is 40.0 Å². The second kappa shape index (κ2) is 24.9. The second-order valence-electron chi connectivity index (χ2n) is 10.6. The van der Waals surface area contributed by atoms with Crippen molar-refractivity contribution in [1.29, 1.82) is 0 Å². The molecule has 0 fully saturated rings. The standard InChI is InChI=1S/C28H58NO6P/c1-5-6-7-8-9-10-11-12-13-14-15-16-17-18-19-20-21-23-33-25-28(35-27(2)30)26-34-36(31,32)24-22-29(3)4/h28H,5-26H2,1-4H3,(H,31,32)/p+1. The number of quaternary nitrogens is 1. The fraction of sp³-hybridized carbons (Fsp3) is 0.964. The molecule has 2 unspecified atom stereocenters. The molecular formula is C28H59NO6P+. The van der Waals surface area contributed by atoms with Gasteiger partial charge >= 0.3 is 13.6 Å². The zero-order valence-electron chi connectivity index (χ0n) is 24.1. The van der Waals surface area contributed by atoms with Gasteiger partial charge in [0.25, 0.3) is 0 Å². The summed E-state index contributed by atoms with van der Waals surface area (Å²) in [6.45, 7) is 4.76. The number of hydrogen-bond acceptors (Lipinski definition) is 5. The monoisotopic (exact) mass is 536 g/mol. The molecule has 0 aliphatic carbocycles. The van der Waals surface area contributed by atoms with Crippen molar-refractivity contribution in [2.24, 2.45) is 0 Å². The summed E-state index contributed by atoms with van der Waals surface area (Å²) < 4.78 is 28.1. The van der Waals surface area contributed by atoms with E-state index in [9.17, 15) is 14.3 Å². The van der Waals surface area contributed by atoms with E-state index in [1.165, 1.54) is 103 Å². The average molecular weight is 537 g/mol. The Bertz CT molecular complexity index is 546. The summed E-state index contributed by atoms with van der Waals surface area (Å²) in [5, 5.41) is 0. The van der Waals surface area contributed by atoms with Crippen LogP contribution in [0.4, 0.5) is 0 Å². The molecular weight excluding hydrogens is 477 g/mol. The SMILES string of the molecule is CCCCCCCCCCCCCCCCCCCOCC(COP(=O)(O)CC[NH+](C)C)OC(C)=O. The molecule has 2 atom stereocenters. The third-order valence-corrected chi connectivity index (χ3v) is 7.73. The molecule has 0 aliphatic heterocycles. The normalized spacial score (nSPS) is 14.2. The van der Waals surface area contributed by atoms with E-state index in [2.05, 4.69) is 6.92 Å². The molecule has 0 aromatic carbocycles. The van der Waals surface area contributed by atoms with Crippen LogP contribution in [0.25, 0.3) is 0 Å². The van der Waals surface area contributed by atoms with Crippen molar-refractivity contribution in [1.82, 2.24) is 0 Å². The quantitative estimate of drug-likeness (QED) is 0.0768. The predicted octanol–water partition coefficient (Wildman–Crippen LogP) is 5.93. The lowest BCUT2D eigenvalue weighted by Gasteiger charge is -2.20. The van der Waals surface area contributed by atoms with Gasteiger partial charge in [-0.3, -0.25) is 9.36 Å². The van der Waals surface area contributed by atoms with Crippen LogP contribution in [0.2, 0.25) is 0 Å². The third-order valence-electron chi connectivity index (χ3n) is 6.39. The van der Waals surface area contributed by atoms with Crippen LogP contribution in [-0.4, -0.2) is 63.6 Å². The summed E-state index contributed by atoms with van der Waals surface area (Å²) in [5.41, 5.74) is 0. The van der Waals surface area contributed by atoms with E-state index in [1.54, 1.807) is 0 Å². The van der Waals surface area contributed by atoms with E-state index < -0.39 is 19.7 Å². The summed E-state index contributed by atoms with van der Waals surface area (Å²) in [6, 6.07) is 0. The van der Waals surface area contributed by atoms with Crippen molar-refractivity contribution in [3.63, 3.8) is 0 Å². The van der Waals surface area contributed by atoms with Gasteiger partial charge in [-0.25, -0.2) is 0 Å². The Hall–Kier alpha value is -0.460. The lowest BCUT2D eigenvalue weighted by Crippen LogP contribution is -3.06. The molecule has 0 aromatic heterocycles. The Morgan fingerprint density at radius 2 is 1.22 bits per heavy atom. The van der Waals surface area contributed by atoms with E-state index in [0.29, 0.717) is 13.2 Å². The highest BCUT2D eigenvalue weighted by molar-refractivity contribution is 7.52. The van der Waals surface area contributed by atoms with Gasteiger partial charge in [-0.1, -0.05) is 110 Å². The van der Waals surface area contributed by atoms with Crippen molar-refractivity contribution in [3.8, 4) is 0 Å². The zero-order chi connectivity index (χ0) is 26.9. The van der Waals surface area contributed by atoms with Crippen molar-refractivity contribution < 1.29 is 33.2 Å². The van der Waals surface area contributed by atoms with Gasteiger partial charge in [0, 0.05) is 13.5 Å². The maximum atomic E-state index is 12.1. The van der Waals surface area contributed by atoms with Gasteiger partial charge in [-0.15, -0.1) is 0 Å². The number of carbonyl (C=O) groups is 1. The Balaban J connectivity index is 3.60. The summed E-state index contributed by atoms with van der Waals surface area (Å²) in [4.78, 5) is 22.3. The van der Waals surface area contributed by atoms with Gasteiger partial charge in [-0.2, -0.15) is 0 Å². The molecule has 0 bridgehead atoms. The molecule has 0 spiro atoms. The Kier molecular flexibility index (Phi) is 24.5. The van der Waals surface area contributed by atoms with Gasteiger partial charge < -0.3 is 23.8 Å². The molecule has 0 saturated carbocycles. The molecule has 0 amide bonds. The first-order valence-electron chi connectivity index (χ1n) is 14.8. The zero-order valence-corrected chi connectivity index (χ0v) is 25.0. The molecule has 0 radical (unpaired) electrons. The van der Waals surface area contributed by atoms with Gasteiger partial charge in [-0.05, 0) is 6.42 Å². The fourth-order valence-electron chi connectivity index (χ4n) is 4.12. The number of unbranched alkanes of at least 4 members (excludes halogenated alkanes) is 16. The minimum absolute atomic E-state index is 0.0717. The number of rotatable bonds is 27. The molecule has 0 aliphatic rings. The van der Waals surface area contributed by atoms with E-state index in [0.717, 1.165) is 17.7 Å². The first-order valence-corrected chi connectivity index (χ1v) is 16.5. The van der Waals surface area contributed by atoms with E-state index in [1.807, 2.05) is 14.1 Å². The van der Waals surface area contributed by atoms with Crippen molar-refractivity contribution in [2.75, 3.05) is 46.6 Å². The molecule has 8 heteroatoms. The average Bonchev–Trinajstić information content (AvgIpc) is 2.82. The minimum Gasteiger partial charge on any atom is -0.458 e.